The fraction of sp³-hybridized carbons (Fsp3) is 0.812. The van der Waals surface area contributed by atoms with Crippen molar-refractivity contribution in [1.29, 1.82) is 0 Å². The van der Waals surface area contributed by atoms with Crippen LogP contribution in [0.1, 0.15) is 41.5 Å². The molecule has 5 unspecified atom stereocenters. The van der Waals surface area contributed by atoms with E-state index in [1.165, 1.54) is 14.2 Å². The number of methoxy groups -OCH3 is 1. The van der Waals surface area contributed by atoms with Crippen LogP contribution in [-0.4, -0.2) is 49.8 Å². The Morgan fingerprint density at radius 3 is 2.08 bits per heavy atom. The Morgan fingerprint density at radius 1 is 1.12 bits per heavy atom. The maximum absolute atomic E-state index is 12.9. The smallest absolute Gasteiger partial charge is 0.310 e. The molecule has 8 heteroatoms. The van der Waals surface area contributed by atoms with Crippen LogP contribution in [0.25, 0.3) is 0 Å². The van der Waals surface area contributed by atoms with Gasteiger partial charge in [0.2, 0.25) is 13.3 Å². The van der Waals surface area contributed by atoms with Gasteiger partial charge in [-0.05, 0) is 34.6 Å². The van der Waals surface area contributed by atoms with Gasteiger partial charge in [-0.25, -0.2) is 0 Å². The predicted molar refractivity (Wildman–Crippen MR) is 95.7 cm³/mol. The van der Waals surface area contributed by atoms with Gasteiger partial charge in [0.05, 0.1) is 13.0 Å². The lowest BCUT2D eigenvalue weighted by molar-refractivity contribution is -0.145. The molecule has 0 saturated carbocycles. The van der Waals surface area contributed by atoms with E-state index in [1.54, 1.807) is 27.7 Å². The molecule has 0 aliphatic rings. The number of hydrogen-bond donors (Lipinski definition) is 1. The minimum Gasteiger partial charge on any atom is -0.469 e. The van der Waals surface area contributed by atoms with Crippen LogP contribution in [0, 0.1) is 11.8 Å². The van der Waals surface area contributed by atoms with Crippen LogP contribution in [-0.2, 0) is 23.4 Å². The highest BCUT2D eigenvalue weighted by atomic mass is 31.2. The first kappa shape index (κ1) is 22.8. The van der Waals surface area contributed by atoms with Crippen molar-refractivity contribution in [2.45, 2.75) is 53.4 Å². The second-order valence-corrected chi connectivity index (χ2v) is 9.24. The molecule has 0 aliphatic carbocycles. The average Bonchev–Trinajstić information content (AvgIpc) is 2.51. The minimum atomic E-state index is -3.09. The van der Waals surface area contributed by atoms with Gasteiger partial charge in [0.1, 0.15) is 5.78 Å². The van der Waals surface area contributed by atoms with Crippen molar-refractivity contribution in [1.82, 2.24) is 5.32 Å². The number of hydrogen-bond acceptors (Lipinski definition) is 6. The third-order valence-corrected chi connectivity index (χ3v) is 6.92. The SMILES string of the molecule is COC(=O)C(C)C(C)NC(=O)C(C)CP(=O)(OC)C(C)N=C(C)C. The Morgan fingerprint density at radius 2 is 1.67 bits per heavy atom. The summed E-state index contributed by atoms with van der Waals surface area (Å²) in [6.45, 7) is 10.5. The monoisotopic (exact) mass is 362 g/mol. The number of nitrogens with one attached hydrogen (secondary N) is 1. The van der Waals surface area contributed by atoms with Gasteiger partial charge in [0, 0.05) is 30.9 Å². The Hall–Kier alpha value is -1.20. The van der Waals surface area contributed by atoms with Crippen molar-refractivity contribution < 1.29 is 23.4 Å². The Bertz CT molecular complexity index is 517. The normalized spacial score (nSPS) is 18.5. The predicted octanol–water partition coefficient (Wildman–Crippen LogP) is 2.69. The third-order valence-electron chi connectivity index (χ3n) is 3.99. The molecule has 1 N–H and O–H groups in total. The van der Waals surface area contributed by atoms with Gasteiger partial charge in [-0.2, -0.15) is 0 Å². The summed E-state index contributed by atoms with van der Waals surface area (Å²) in [6.07, 6.45) is 0.0899. The summed E-state index contributed by atoms with van der Waals surface area (Å²) in [5, 5.41) is 2.77. The van der Waals surface area contributed by atoms with Crippen molar-refractivity contribution >= 4 is 25.0 Å². The zero-order valence-corrected chi connectivity index (χ0v) is 16.8. The quantitative estimate of drug-likeness (QED) is 0.387. The summed E-state index contributed by atoms with van der Waals surface area (Å²) in [4.78, 5) is 28.1. The van der Waals surface area contributed by atoms with E-state index < -0.39 is 25.0 Å². The number of aliphatic imine (C=N–C) groups is 1. The summed E-state index contributed by atoms with van der Waals surface area (Å²) < 4.78 is 22.8. The van der Waals surface area contributed by atoms with E-state index in [-0.39, 0.29) is 24.1 Å². The minimum absolute atomic E-state index is 0.0899. The second-order valence-electron chi connectivity index (χ2n) is 6.31. The van der Waals surface area contributed by atoms with Crippen molar-refractivity contribution in [3.05, 3.63) is 0 Å². The molecule has 0 fully saturated rings. The van der Waals surface area contributed by atoms with E-state index in [1.807, 2.05) is 13.8 Å². The number of ether oxygens (including phenoxy) is 1. The summed E-state index contributed by atoms with van der Waals surface area (Å²) in [5.74, 6) is -2.17. The van der Waals surface area contributed by atoms with Crippen LogP contribution in [0.3, 0.4) is 0 Å². The number of esters is 1. The van der Waals surface area contributed by atoms with Gasteiger partial charge < -0.3 is 14.6 Å². The molecule has 0 aromatic heterocycles. The summed E-state index contributed by atoms with van der Waals surface area (Å²) in [6, 6.07) is -0.386. The zero-order valence-electron chi connectivity index (χ0n) is 16.0. The first-order chi connectivity index (χ1) is 11.0. The Balaban J connectivity index is 4.93. The van der Waals surface area contributed by atoms with E-state index in [9.17, 15) is 14.2 Å². The molecule has 140 valence electrons. The van der Waals surface area contributed by atoms with E-state index >= 15 is 0 Å². The molecule has 0 aromatic carbocycles. The van der Waals surface area contributed by atoms with Crippen molar-refractivity contribution in [2.75, 3.05) is 20.4 Å². The number of carbonyl (C=O) groups is 2. The van der Waals surface area contributed by atoms with Gasteiger partial charge in [0.25, 0.3) is 0 Å². The maximum atomic E-state index is 12.9. The molecule has 7 nitrogen and oxygen atoms in total. The van der Waals surface area contributed by atoms with E-state index in [0.717, 1.165) is 5.71 Å². The molecule has 0 spiro atoms. The van der Waals surface area contributed by atoms with Crippen molar-refractivity contribution in [2.24, 2.45) is 16.8 Å². The first-order valence-corrected chi connectivity index (χ1v) is 9.90. The lowest BCUT2D eigenvalue weighted by atomic mass is 10.0. The largest absolute Gasteiger partial charge is 0.469 e. The molecule has 0 radical (unpaired) electrons. The molecule has 0 aliphatic heterocycles. The molecule has 0 aromatic rings. The standard InChI is InChI=1S/C16H31N2O5P/c1-10(2)17-14(6)24(21,23-8)9-11(3)15(19)18-13(5)12(4)16(20)22-7/h11-14H,9H2,1-8H3,(H,18,19). The van der Waals surface area contributed by atoms with Gasteiger partial charge in [-0.15, -0.1) is 0 Å². The van der Waals surface area contributed by atoms with E-state index in [4.69, 9.17) is 4.52 Å². The fourth-order valence-electron chi connectivity index (χ4n) is 2.19. The zero-order chi connectivity index (χ0) is 19.1. The van der Waals surface area contributed by atoms with Crippen LogP contribution in [0.2, 0.25) is 0 Å². The van der Waals surface area contributed by atoms with Gasteiger partial charge in [-0.1, -0.05) is 6.92 Å². The number of amides is 1. The lowest BCUT2D eigenvalue weighted by Crippen LogP contribution is -2.43. The van der Waals surface area contributed by atoms with Crippen molar-refractivity contribution in [3.8, 4) is 0 Å². The van der Waals surface area contributed by atoms with Crippen LogP contribution >= 0.6 is 7.37 Å². The van der Waals surface area contributed by atoms with Crippen molar-refractivity contribution in [3.63, 3.8) is 0 Å². The molecular formula is C16H31N2O5P. The van der Waals surface area contributed by atoms with Gasteiger partial charge in [0.15, 0.2) is 0 Å². The molecule has 5 atom stereocenters. The number of rotatable bonds is 9. The van der Waals surface area contributed by atoms with Gasteiger partial charge in [-0.3, -0.25) is 19.1 Å². The molecule has 1 amide bonds. The summed E-state index contributed by atoms with van der Waals surface area (Å²) in [5.41, 5.74) is 0.803. The van der Waals surface area contributed by atoms with Crippen LogP contribution in [0.15, 0.2) is 4.99 Å². The first-order valence-electron chi connectivity index (χ1n) is 8.02. The van der Waals surface area contributed by atoms with Gasteiger partial charge >= 0.3 is 5.97 Å². The molecule has 0 heterocycles. The molecule has 0 bridgehead atoms. The lowest BCUT2D eigenvalue weighted by Gasteiger charge is -2.25. The van der Waals surface area contributed by atoms with E-state index in [0.29, 0.717) is 0 Å². The highest BCUT2D eigenvalue weighted by molar-refractivity contribution is 7.59. The number of nitrogens with zero attached hydrogens (tertiary/aromatic N) is 1. The highest BCUT2D eigenvalue weighted by Gasteiger charge is 2.34. The Kier molecular flexibility index (Phi) is 9.45. The molecule has 0 saturated heterocycles. The average molecular weight is 362 g/mol. The van der Waals surface area contributed by atoms with Crippen LogP contribution in [0.5, 0.6) is 0 Å². The maximum Gasteiger partial charge on any atom is 0.310 e. The third kappa shape index (κ3) is 6.73. The van der Waals surface area contributed by atoms with E-state index in [2.05, 4.69) is 15.0 Å². The van der Waals surface area contributed by atoms with Crippen LogP contribution < -0.4 is 5.32 Å². The molecular weight excluding hydrogens is 331 g/mol. The molecule has 0 rings (SSSR count). The topological polar surface area (TPSA) is 94.1 Å². The highest BCUT2D eigenvalue weighted by Crippen LogP contribution is 2.53. The molecule has 24 heavy (non-hydrogen) atoms. The summed E-state index contributed by atoms with van der Waals surface area (Å²) in [7, 11) is -0.400. The second kappa shape index (κ2) is 9.94. The number of carbonyl (C=O) groups excluding carboxylic acids is 2. The van der Waals surface area contributed by atoms with Crippen LogP contribution in [0.4, 0.5) is 0 Å². The fourth-order valence-corrected chi connectivity index (χ4v) is 4.28. The summed E-state index contributed by atoms with van der Waals surface area (Å²) >= 11 is 0. The Labute approximate surface area is 145 Å².